The summed E-state index contributed by atoms with van der Waals surface area (Å²) in [6.07, 6.45) is 3.43. The monoisotopic (exact) mass is 434 g/mol. The van der Waals surface area contributed by atoms with E-state index >= 15 is 0 Å². The number of likely N-dealkylation sites (N-methyl/N-ethyl adjacent to an activating group) is 1. The van der Waals surface area contributed by atoms with Crippen molar-refractivity contribution in [3.63, 3.8) is 0 Å². The van der Waals surface area contributed by atoms with Gasteiger partial charge in [0.15, 0.2) is 0 Å². The van der Waals surface area contributed by atoms with Crippen LogP contribution >= 0.6 is 0 Å². The highest BCUT2D eigenvalue weighted by molar-refractivity contribution is 6.04. The highest BCUT2D eigenvalue weighted by atomic mass is 16.2. The number of hydrogen-bond donors (Lipinski definition) is 1. The average molecular weight is 435 g/mol. The molecule has 6 nitrogen and oxygen atoms in total. The molecule has 1 N–H and O–H groups in total. The molecule has 0 spiro atoms. The Labute approximate surface area is 191 Å². The predicted molar refractivity (Wildman–Crippen MR) is 131 cm³/mol. The molecule has 2 fully saturated rings. The molecule has 0 radical (unpaired) electrons. The lowest BCUT2D eigenvalue weighted by molar-refractivity contribution is -0.129. The first-order valence-electron chi connectivity index (χ1n) is 11.7. The molecule has 2 amide bonds. The lowest BCUT2D eigenvalue weighted by Gasteiger charge is -2.32. The van der Waals surface area contributed by atoms with Crippen molar-refractivity contribution in [2.24, 2.45) is 5.92 Å². The maximum atomic E-state index is 12.7. The summed E-state index contributed by atoms with van der Waals surface area (Å²) in [4.78, 5) is 30.8. The van der Waals surface area contributed by atoms with E-state index in [0.29, 0.717) is 5.56 Å². The van der Waals surface area contributed by atoms with Gasteiger partial charge in [0.25, 0.3) is 5.91 Å². The van der Waals surface area contributed by atoms with E-state index in [2.05, 4.69) is 34.2 Å². The lowest BCUT2D eigenvalue weighted by atomic mass is 9.98. The van der Waals surface area contributed by atoms with Crippen molar-refractivity contribution in [1.29, 1.82) is 0 Å². The van der Waals surface area contributed by atoms with Crippen LogP contribution in [0.25, 0.3) is 0 Å². The molecular weight excluding hydrogens is 400 g/mol. The van der Waals surface area contributed by atoms with Crippen molar-refractivity contribution in [1.82, 2.24) is 4.90 Å². The number of benzene rings is 2. The van der Waals surface area contributed by atoms with Gasteiger partial charge in [-0.1, -0.05) is 6.92 Å². The zero-order chi connectivity index (χ0) is 22.7. The Morgan fingerprint density at radius 1 is 0.875 bits per heavy atom. The Bertz CT molecular complexity index is 933. The second kappa shape index (κ2) is 9.63. The van der Waals surface area contributed by atoms with Gasteiger partial charge >= 0.3 is 0 Å². The summed E-state index contributed by atoms with van der Waals surface area (Å²) >= 11 is 0. The van der Waals surface area contributed by atoms with E-state index in [4.69, 9.17) is 0 Å². The second-order valence-electron chi connectivity index (χ2n) is 9.24. The number of amides is 2. The van der Waals surface area contributed by atoms with Gasteiger partial charge in [0.1, 0.15) is 0 Å². The molecule has 2 aromatic carbocycles. The Morgan fingerprint density at radius 3 is 2.06 bits per heavy atom. The van der Waals surface area contributed by atoms with E-state index in [1.807, 2.05) is 48.3 Å². The van der Waals surface area contributed by atoms with Crippen LogP contribution < -0.4 is 15.1 Å². The smallest absolute Gasteiger partial charge is 0.255 e. The Kier molecular flexibility index (Phi) is 6.68. The van der Waals surface area contributed by atoms with Gasteiger partial charge in [-0.05, 0) is 73.7 Å². The fourth-order valence-corrected chi connectivity index (χ4v) is 4.60. The normalized spacial score (nSPS) is 19.2. The standard InChI is InChI=1S/C26H34N4O2/c1-19-12-15-29(16-13-19)23-8-4-21(5-9-23)26(32)27-22-6-10-24(11-7-22)30-17-14-25(18-30)28(3)20(2)31/h4-11,19,25H,12-18H2,1-3H3,(H,27,32). The number of carbonyl (C=O) groups is 2. The van der Waals surface area contributed by atoms with Gasteiger partial charge in [0.2, 0.25) is 5.91 Å². The van der Waals surface area contributed by atoms with Crippen molar-refractivity contribution in [3.05, 3.63) is 54.1 Å². The summed E-state index contributed by atoms with van der Waals surface area (Å²) in [7, 11) is 1.87. The van der Waals surface area contributed by atoms with Gasteiger partial charge in [-0.2, -0.15) is 0 Å². The van der Waals surface area contributed by atoms with E-state index in [9.17, 15) is 9.59 Å². The van der Waals surface area contributed by atoms with Crippen LogP contribution in [0, 0.1) is 5.92 Å². The van der Waals surface area contributed by atoms with Crippen molar-refractivity contribution in [3.8, 4) is 0 Å². The summed E-state index contributed by atoms with van der Waals surface area (Å²) in [5.74, 6) is 0.811. The van der Waals surface area contributed by atoms with E-state index in [1.54, 1.807) is 6.92 Å². The SMILES string of the molecule is CC(=O)N(C)C1CCN(c2ccc(NC(=O)c3ccc(N4CCC(C)CC4)cc3)cc2)C1. The number of nitrogens with one attached hydrogen (secondary N) is 1. The first-order chi connectivity index (χ1) is 15.4. The highest BCUT2D eigenvalue weighted by Gasteiger charge is 2.27. The minimum Gasteiger partial charge on any atom is -0.372 e. The van der Waals surface area contributed by atoms with Crippen LogP contribution in [0.2, 0.25) is 0 Å². The van der Waals surface area contributed by atoms with Gasteiger partial charge < -0.3 is 20.0 Å². The third-order valence-corrected chi connectivity index (χ3v) is 6.98. The van der Waals surface area contributed by atoms with Crippen molar-refractivity contribution >= 4 is 28.9 Å². The minimum absolute atomic E-state index is 0.0964. The van der Waals surface area contributed by atoms with E-state index in [1.165, 1.54) is 18.5 Å². The zero-order valence-corrected chi connectivity index (χ0v) is 19.4. The van der Waals surface area contributed by atoms with Crippen LogP contribution in [0.1, 0.15) is 43.5 Å². The number of rotatable bonds is 5. The third-order valence-electron chi connectivity index (χ3n) is 6.98. The summed E-state index contributed by atoms with van der Waals surface area (Å²) in [5.41, 5.74) is 3.75. The molecule has 32 heavy (non-hydrogen) atoms. The molecular formula is C26H34N4O2. The van der Waals surface area contributed by atoms with Crippen molar-refractivity contribution in [2.75, 3.05) is 48.3 Å². The molecule has 0 aliphatic carbocycles. The fraction of sp³-hybridized carbons (Fsp3) is 0.462. The molecule has 2 heterocycles. The van der Waals surface area contributed by atoms with Crippen LogP contribution in [-0.2, 0) is 4.79 Å². The summed E-state index contributed by atoms with van der Waals surface area (Å²) in [6.45, 7) is 7.86. The molecule has 0 saturated carbocycles. The zero-order valence-electron chi connectivity index (χ0n) is 19.4. The van der Waals surface area contributed by atoms with Gasteiger partial charge in [0, 0.05) is 62.8 Å². The Balaban J connectivity index is 1.32. The molecule has 2 aromatic rings. The van der Waals surface area contributed by atoms with E-state index in [-0.39, 0.29) is 17.9 Å². The van der Waals surface area contributed by atoms with Gasteiger partial charge in [-0.3, -0.25) is 9.59 Å². The molecule has 2 saturated heterocycles. The Hall–Kier alpha value is -3.02. The van der Waals surface area contributed by atoms with Crippen LogP contribution in [0.4, 0.5) is 17.1 Å². The largest absolute Gasteiger partial charge is 0.372 e. The number of hydrogen-bond acceptors (Lipinski definition) is 4. The second-order valence-corrected chi connectivity index (χ2v) is 9.24. The highest BCUT2D eigenvalue weighted by Crippen LogP contribution is 2.26. The molecule has 2 aliphatic heterocycles. The minimum atomic E-state index is -0.0964. The van der Waals surface area contributed by atoms with Gasteiger partial charge in [0.05, 0.1) is 6.04 Å². The third kappa shape index (κ3) is 5.06. The van der Waals surface area contributed by atoms with Crippen LogP contribution in [0.3, 0.4) is 0 Å². The molecule has 2 aliphatic rings. The number of carbonyl (C=O) groups excluding carboxylic acids is 2. The van der Waals surface area contributed by atoms with Gasteiger partial charge in [-0.25, -0.2) is 0 Å². The van der Waals surface area contributed by atoms with Crippen molar-refractivity contribution < 1.29 is 9.59 Å². The fourth-order valence-electron chi connectivity index (χ4n) is 4.60. The van der Waals surface area contributed by atoms with Crippen molar-refractivity contribution in [2.45, 2.75) is 39.2 Å². The lowest BCUT2D eigenvalue weighted by Crippen LogP contribution is -2.37. The molecule has 1 unspecified atom stereocenters. The van der Waals surface area contributed by atoms with Crippen LogP contribution in [-0.4, -0.2) is 56.0 Å². The number of anilines is 3. The van der Waals surface area contributed by atoms with Gasteiger partial charge in [-0.15, -0.1) is 0 Å². The summed E-state index contributed by atoms with van der Waals surface area (Å²) in [5, 5.41) is 3.00. The molecule has 4 rings (SSSR count). The Morgan fingerprint density at radius 2 is 1.44 bits per heavy atom. The van der Waals surface area contributed by atoms with Crippen LogP contribution in [0.5, 0.6) is 0 Å². The average Bonchev–Trinajstić information content (AvgIpc) is 3.30. The molecule has 1 atom stereocenters. The first-order valence-corrected chi connectivity index (χ1v) is 11.7. The molecule has 0 aromatic heterocycles. The maximum absolute atomic E-state index is 12.7. The first kappa shape index (κ1) is 22.2. The van der Waals surface area contributed by atoms with E-state index in [0.717, 1.165) is 49.9 Å². The maximum Gasteiger partial charge on any atom is 0.255 e. The predicted octanol–water partition coefficient (Wildman–Crippen LogP) is 4.23. The summed E-state index contributed by atoms with van der Waals surface area (Å²) in [6, 6.07) is 16.1. The number of piperidine rings is 1. The van der Waals surface area contributed by atoms with Crippen LogP contribution in [0.15, 0.2) is 48.5 Å². The summed E-state index contributed by atoms with van der Waals surface area (Å²) < 4.78 is 0. The van der Waals surface area contributed by atoms with E-state index < -0.39 is 0 Å². The molecule has 170 valence electrons. The quantitative estimate of drug-likeness (QED) is 0.765. The molecule has 0 bridgehead atoms. The molecule has 6 heteroatoms. The number of nitrogens with zero attached hydrogens (tertiary/aromatic N) is 3. The topological polar surface area (TPSA) is 55.9 Å².